The fraction of sp³-hybridized carbons (Fsp3) is 0.208. The van der Waals surface area contributed by atoms with E-state index < -0.39 is 28.8 Å². The number of nitro groups is 1. The van der Waals surface area contributed by atoms with Crippen molar-refractivity contribution in [2.24, 2.45) is 0 Å². The number of nitro benzene ring substituents is 1. The first-order valence-electron chi connectivity index (χ1n) is 10.4. The molecule has 3 aromatic carbocycles. The van der Waals surface area contributed by atoms with E-state index in [1.165, 1.54) is 31.2 Å². The highest BCUT2D eigenvalue weighted by atomic mass is 16.6. The molecular weight excluding hydrogens is 424 g/mol. The Morgan fingerprint density at radius 1 is 0.909 bits per heavy atom. The van der Waals surface area contributed by atoms with Crippen molar-refractivity contribution in [1.29, 1.82) is 0 Å². The summed E-state index contributed by atoms with van der Waals surface area (Å²) in [5.74, 6) is -1.47. The van der Waals surface area contributed by atoms with Gasteiger partial charge >= 0.3 is 0 Å². The van der Waals surface area contributed by atoms with Gasteiger partial charge in [0.05, 0.1) is 4.92 Å². The minimum Gasteiger partial charge on any atom is -0.355 e. The van der Waals surface area contributed by atoms with Crippen LogP contribution in [0.2, 0.25) is 0 Å². The van der Waals surface area contributed by atoms with E-state index in [-0.39, 0.29) is 11.6 Å². The number of non-ortho nitro benzene ring substituents is 1. The van der Waals surface area contributed by atoms with E-state index in [2.05, 4.69) is 16.0 Å². The summed E-state index contributed by atoms with van der Waals surface area (Å²) in [5.41, 5.74) is 0.577. The topological polar surface area (TPSA) is 130 Å². The van der Waals surface area contributed by atoms with Gasteiger partial charge in [0, 0.05) is 24.2 Å². The van der Waals surface area contributed by atoms with Crippen molar-refractivity contribution in [3.8, 4) is 0 Å². The Bertz CT molecular complexity index is 1190. The lowest BCUT2D eigenvalue weighted by Gasteiger charge is -2.22. The molecular formula is C24H24N4O5. The van der Waals surface area contributed by atoms with Crippen LogP contribution in [-0.4, -0.2) is 35.2 Å². The highest BCUT2D eigenvalue weighted by Gasteiger charge is 2.27. The molecule has 1 unspecified atom stereocenters. The van der Waals surface area contributed by atoms with Crippen LogP contribution in [0.15, 0.2) is 66.7 Å². The zero-order valence-electron chi connectivity index (χ0n) is 18.2. The predicted molar refractivity (Wildman–Crippen MR) is 124 cm³/mol. The molecule has 3 amide bonds. The molecule has 3 rings (SSSR count). The summed E-state index contributed by atoms with van der Waals surface area (Å²) in [6.07, 6.45) is 0. The Kier molecular flexibility index (Phi) is 7.34. The first-order valence-corrected chi connectivity index (χ1v) is 10.4. The number of hydrogen-bond acceptors (Lipinski definition) is 5. The first-order chi connectivity index (χ1) is 15.8. The fourth-order valence-electron chi connectivity index (χ4n) is 3.41. The third-order valence-corrected chi connectivity index (χ3v) is 5.11. The van der Waals surface area contributed by atoms with Crippen LogP contribution >= 0.6 is 0 Å². The Morgan fingerprint density at radius 3 is 2.24 bits per heavy atom. The molecule has 0 spiro atoms. The molecule has 3 N–H and O–H groups in total. The Morgan fingerprint density at radius 2 is 1.58 bits per heavy atom. The zero-order chi connectivity index (χ0) is 24.0. The minimum atomic E-state index is -1.17. The van der Waals surface area contributed by atoms with E-state index in [0.29, 0.717) is 17.7 Å². The van der Waals surface area contributed by atoms with E-state index in [0.717, 1.165) is 10.8 Å². The number of hydrogen-bond donors (Lipinski definition) is 3. The number of nitrogens with zero attached hydrogens (tertiary/aromatic N) is 1. The standard InChI is InChI=1S/C24H24N4O5/c1-3-25-22(29)15(2)26-24(31)21(17-11-13-18(14-12-17)28(32)33)27-23(30)20-10-6-8-16-7-4-5-9-19(16)20/h4-15,21H,3H2,1-2H3,(H,25,29)(H,26,31)(H,27,30)/t15?,21-/m0/s1. The number of benzene rings is 3. The maximum absolute atomic E-state index is 13.2. The number of carbonyl (C=O) groups excluding carboxylic acids is 3. The Hall–Kier alpha value is -4.27. The molecule has 0 aliphatic carbocycles. The van der Waals surface area contributed by atoms with Crippen LogP contribution in [0.1, 0.15) is 35.8 Å². The van der Waals surface area contributed by atoms with Gasteiger partial charge in [-0.3, -0.25) is 24.5 Å². The van der Waals surface area contributed by atoms with Crippen molar-refractivity contribution in [1.82, 2.24) is 16.0 Å². The van der Waals surface area contributed by atoms with Gasteiger partial charge in [-0.15, -0.1) is 0 Å². The average Bonchev–Trinajstić information content (AvgIpc) is 2.82. The van der Waals surface area contributed by atoms with Crippen molar-refractivity contribution in [2.45, 2.75) is 25.9 Å². The SMILES string of the molecule is CCNC(=O)C(C)NC(=O)[C@@H](NC(=O)c1cccc2ccccc12)c1ccc([N+](=O)[O-])cc1. The molecule has 9 nitrogen and oxygen atoms in total. The molecule has 0 aromatic heterocycles. The molecule has 0 radical (unpaired) electrons. The number of nitrogens with one attached hydrogen (secondary N) is 3. The van der Waals surface area contributed by atoms with E-state index in [4.69, 9.17) is 0 Å². The summed E-state index contributed by atoms with van der Waals surface area (Å²) in [6.45, 7) is 3.70. The maximum atomic E-state index is 13.2. The molecule has 170 valence electrons. The number of carbonyl (C=O) groups is 3. The molecule has 0 heterocycles. The summed E-state index contributed by atoms with van der Waals surface area (Å²) >= 11 is 0. The van der Waals surface area contributed by atoms with Gasteiger partial charge in [-0.1, -0.05) is 36.4 Å². The third kappa shape index (κ3) is 5.51. The summed E-state index contributed by atoms with van der Waals surface area (Å²) < 4.78 is 0. The summed E-state index contributed by atoms with van der Waals surface area (Å²) in [7, 11) is 0. The van der Waals surface area contributed by atoms with Crippen LogP contribution < -0.4 is 16.0 Å². The smallest absolute Gasteiger partial charge is 0.269 e. The second kappa shape index (κ2) is 10.4. The predicted octanol–water partition coefficient (Wildman–Crippen LogP) is 2.86. The first kappa shape index (κ1) is 23.4. The molecule has 0 aliphatic rings. The minimum absolute atomic E-state index is 0.144. The normalized spacial score (nSPS) is 12.4. The molecule has 0 saturated carbocycles. The average molecular weight is 448 g/mol. The van der Waals surface area contributed by atoms with Crippen LogP contribution in [0, 0.1) is 10.1 Å². The van der Waals surface area contributed by atoms with Crippen LogP contribution in [0.5, 0.6) is 0 Å². The second-order valence-corrected chi connectivity index (χ2v) is 7.41. The Balaban J connectivity index is 1.92. The quantitative estimate of drug-likeness (QED) is 0.360. The van der Waals surface area contributed by atoms with Crippen LogP contribution in [0.25, 0.3) is 10.8 Å². The van der Waals surface area contributed by atoms with Gasteiger partial charge in [0.25, 0.3) is 11.6 Å². The molecule has 33 heavy (non-hydrogen) atoms. The van der Waals surface area contributed by atoms with Crippen LogP contribution in [0.3, 0.4) is 0 Å². The van der Waals surface area contributed by atoms with Crippen molar-refractivity contribution in [3.63, 3.8) is 0 Å². The molecule has 0 bridgehead atoms. The van der Waals surface area contributed by atoms with Gasteiger partial charge in [-0.05, 0) is 48.4 Å². The third-order valence-electron chi connectivity index (χ3n) is 5.11. The molecule has 2 atom stereocenters. The zero-order valence-corrected chi connectivity index (χ0v) is 18.2. The second-order valence-electron chi connectivity index (χ2n) is 7.41. The van der Waals surface area contributed by atoms with E-state index in [1.54, 1.807) is 19.1 Å². The number of likely N-dealkylation sites (N-methyl/N-ethyl adjacent to an activating group) is 1. The van der Waals surface area contributed by atoms with E-state index in [9.17, 15) is 24.5 Å². The van der Waals surface area contributed by atoms with Gasteiger partial charge < -0.3 is 16.0 Å². The van der Waals surface area contributed by atoms with Crippen molar-refractivity contribution >= 4 is 34.2 Å². The highest BCUT2D eigenvalue weighted by Crippen LogP contribution is 2.22. The summed E-state index contributed by atoms with van der Waals surface area (Å²) in [6, 6.07) is 15.9. The Labute approximate surface area is 190 Å². The molecule has 0 saturated heterocycles. The van der Waals surface area contributed by atoms with Gasteiger partial charge in [-0.2, -0.15) is 0 Å². The number of rotatable bonds is 8. The molecule has 9 heteroatoms. The van der Waals surface area contributed by atoms with Crippen LogP contribution in [-0.2, 0) is 9.59 Å². The van der Waals surface area contributed by atoms with Crippen molar-refractivity contribution in [2.75, 3.05) is 6.54 Å². The van der Waals surface area contributed by atoms with Crippen LogP contribution in [0.4, 0.5) is 5.69 Å². The van der Waals surface area contributed by atoms with Crippen molar-refractivity contribution < 1.29 is 19.3 Å². The summed E-state index contributed by atoms with van der Waals surface area (Å²) in [5, 5.41) is 20.5. The maximum Gasteiger partial charge on any atom is 0.269 e. The largest absolute Gasteiger partial charge is 0.355 e. The monoisotopic (exact) mass is 448 g/mol. The molecule has 0 fully saturated rings. The van der Waals surface area contributed by atoms with E-state index >= 15 is 0 Å². The number of amides is 3. The van der Waals surface area contributed by atoms with Gasteiger partial charge in [-0.25, -0.2) is 0 Å². The lowest BCUT2D eigenvalue weighted by Crippen LogP contribution is -2.49. The van der Waals surface area contributed by atoms with Crippen molar-refractivity contribution in [3.05, 3.63) is 88.0 Å². The lowest BCUT2D eigenvalue weighted by atomic mass is 10.0. The summed E-state index contributed by atoms with van der Waals surface area (Å²) in [4.78, 5) is 48.7. The molecule has 0 aliphatic heterocycles. The van der Waals surface area contributed by atoms with E-state index in [1.807, 2.05) is 30.3 Å². The lowest BCUT2D eigenvalue weighted by molar-refractivity contribution is -0.384. The highest BCUT2D eigenvalue weighted by molar-refractivity contribution is 6.08. The van der Waals surface area contributed by atoms with Gasteiger partial charge in [0.1, 0.15) is 12.1 Å². The van der Waals surface area contributed by atoms with Gasteiger partial charge in [0.2, 0.25) is 11.8 Å². The van der Waals surface area contributed by atoms with Gasteiger partial charge in [0.15, 0.2) is 0 Å². The fourth-order valence-corrected chi connectivity index (χ4v) is 3.41. The number of fused-ring (bicyclic) bond motifs is 1. The molecule has 3 aromatic rings.